The van der Waals surface area contributed by atoms with Crippen LogP contribution in [0.3, 0.4) is 0 Å². The summed E-state index contributed by atoms with van der Waals surface area (Å²) >= 11 is 12.5. The summed E-state index contributed by atoms with van der Waals surface area (Å²) < 4.78 is 14.4. The lowest BCUT2D eigenvalue weighted by Gasteiger charge is -2.15. The predicted molar refractivity (Wildman–Crippen MR) is 70.5 cm³/mol. The average molecular weight is 358 g/mol. The van der Waals surface area contributed by atoms with Gasteiger partial charge in [0.2, 0.25) is 0 Å². The molecule has 0 aromatic heterocycles. The lowest BCUT2D eigenvalue weighted by atomic mass is 9.96. The minimum absolute atomic E-state index is 0.157. The van der Waals surface area contributed by atoms with Crippen LogP contribution in [-0.2, 0) is 0 Å². The van der Waals surface area contributed by atoms with E-state index in [0.717, 1.165) is 6.42 Å². The van der Waals surface area contributed by atoms with E-state index in [1.54, 1.807) is 12.1 Å². The molecule has 4 heteroatoms. The predicted octanol–water partition coefficient (Wildman–Crippen LogP) is 5.52. The Balaban J connectivity index is 3.00. The topological polar surface area (TPSA) is 0 Å². The van der Waals surface area contributed by atoms with Crippen LogP contribution in [0, 0.1) is 5.82 Å². The fraction of sp³-hybridized carbons (Fsp3) is 0.455. The molecule has 2 atom stereocenters. The quantitative estimate of drug-likeness (QED) is 0.493. The molecule has 0 radical (unpaired) electrons. The van der Waals surface area contributed by atoms with E-state index in [2.05, 4.69) is 38.8 Å². The monoisotopic (exact) mass is 356 g/mol. The van der Waals surface area contributed by atoms with E-state index in [4.69, 9.17) is 11.6 Å². The molecule has 1 aromatic carbocycles. The highest BCUT2D eigenvalue weighted by molar-refractivity contribution is 9.10. The van der Waals surface area contributed by atoms with E-state index in [-0.39, 0.29) is 16.8 Å². The fourth-order valence-electron chi connectivity index (χ4n) is 1.54. The van der Waals surface area contributed by atoms with Crippen LogP contribution in [0.4, 0.5) is 4.39 Å². The van der Waals surface area contributed by atoms with Crippen LogP contribution in [0.2, 0.25) is 5.02 Å². The molecule has 1 aromatic rings. The molecule has 0 bridgehead atoms. The van der Waals surface area contributed by atoms with Gasteiger partial charge in [-0.3, -0.25) is 0 Å². The van der Waals surface area contributed by atoms with Gasteiger partial charge < -0.3 is 0 Å². The van der Waals surface area contributed by atoms with Gasteiger partial charge in [0.25, 0.3) is 0 Å². The van der Waals surface area contributed by atoms with Crippen molar-refractivity contribution >= 4 is 43.5 Å². The minimum Gasteiger partial charge on any atom is -0.205 e. The highest BCUT2D eigenvalue weighted by Crippen LogP contribution is 2.33. The lowest BCUT2D eigenvalue weighted by Crippen LogP contribution is -2.03. The summed E-state index contributed by atoms with van der Waals surface area (Å²) in [4.78, 5) is 0.370. The van der Waals surface area contributed by atoms with Crippen LogP contribution in [0.5, 0.6) is 0 Å². The van der Waals surface area contributed by atoms with Crippen molar-refractivity contribution < 1.29 is 4.39 Å². The summed E-state index contributed by atoms with van der Waals surface area (Å²) in [6.45, 7) is 4.05. The van der Waals surface area contributed by atoms with E-state index in [9.17, 15) is 4.39 Å². The summed E-state index contributed by atoms with van der Waals surface area (Å²) in [6, 6.07) is 3.57. The van der Waals surface area contributed by atoms with E-state index in [0.29, 0.717) is 14.9 Å². The van der Waals surface area contributed by atoms with Crippen molar-refractivity contribution in [1.82, 2.24) is 0 Å². The molecule has 1 rings (SSSR count). The minimum atomic E-state index is -0.313. The standard InChI is InChI=1S/C11H12Br2ClF/c1-6(5-7(2)12)8-3-4-9(13)10(14)11(8)15/h3-4,6-7H,5H2,1-2H3. The van der Waals surface area contributed by atoms with Crippen LogP contribution in [0.1, 0.15) is 31.7 Å². The summed E-state index contributed by atoms with van der Waals surface area (Å²) in [5.41, 5.74) is 0.675. The van der Waals surface area contributed by atoms with Gasteiger partial charge in [-0.15, -0.1) is 0 Å². The van der Waals surface area contributed by atoms with Gasteiger partial charge in [0.1, 0.15) is 5.82 Å². The third-order valence-corrected chi connectivity index (χ3v) is 3.91. The zero-order valence-corrected chi connectivity index (χ0v) is 12.5. The molecule has 0 aliphatic rings. The molecular weight excluding hydrogens is 346 g/mol. The largest absolute Gasteiger partial charge is 0.205 e. The maximum absolute atomic E-state index is 13.8. The molecule has 15 heavy (non-hydrogen) atoms. The molecule has 0 spiro atoms. The molecule has 0 saturated carbocycles. The van der Waals surface area contributed by atoms with Crippen LogP contribution >= 0.6 is 43.5 Å². The number of hydrogen-bond donors (Lipinski definition) is 0. The van der Waals surface area contributed by atoms with Crippen molar-refractivity contribution in [3.05, 3.63) is 33.0 Å². The molecular formula is C11H12Br2ClF. The van der Waals surface area contributed by atoms with Gasteiger partial charge in [0, 0.05) is 9.30 Å². The summed E-state index contributed by atoms with van der Waals surface area (Å²) in [6.07, 6.45) is 0.884. The third-order valence-electron chi connectivity index (χ3n) is 2.27. The Morgan fingerprint density at radius 1 is 1.40 bits per heavy atom. The van der Waals surface area contributed by atoms with Gasteiger partial charge in [-0.2, -0.15) is 0 Å². The van der Waals surface area contributed by atoms with Gasteiger partial charge in [-0.1, -0.05) is 47.4 Å². The Labute approximate surface area is 111 Å². The molecule has 2 unspecified atom stereocenters. The maximum Gasteiger partial charge on any atom is 0.146 e. The summed E-state index contributed by atoms with van der Waals surface area (Å²) in [5.74, 6) is -0.156. The highest BCUT2D eigenvalue weighted by atomic mass is 79.9. The average Bonchev–Trinajstić information content (AvgIpc) is 2.13. The van der Waals surface area contributed by atoms with Crippen LogP contribution in [-0.4, -0.2) is 4.83 Å². The second kappa shape index (κ2) is 5.65. The Morgan fingerprint density at radius 3 is 2.53 bits per heavy atom. The first-order chi connectivity index (χ1) is 6.93. The Hall–Kier alpha value is 0.400. The number of alkyl halides is 1. The SMILES string of the molecule is CC(Br)CC(C)c1ccc(Br)c(Cl)c1F. The number of halogens is 4. The number of benzene rings is 1. The zero-order chi connectivity index (χ0) is 11.6. The lowest BCUT2D eigenvalue weighted by molar-refractivity contribution is 0.574. The number of hydrogen-bond acceptors (Lipinski definition) is 0. The van der Waals surface area contributed by atoms with Crippen LogP contribution in [0.15, 0.2) is 16.6 Å². The van der Waals surface area contributed by atoms with Crippen molar-refractivity contribution in [3.8, 4) is 0 Å². The second-order valence-corrected chi connectivity index (χ2v) is 6.48. The molecule has 0 heterocycles. The van der Waals surface area contributed by atoms with E-state index in [1.165, 1.54) is 0 Å². The second-order valence-electron chi connectivity index (χ2n) is 3.68. The van der Waals surface area contributed by atoms with Crippen LogP contribution < -0.4 is 0 Å². The zero-order valence-electron chi connectivity index (χ0n) is 8.53. The Morgan fingerprint density at radius 2 is 2.00 bits per heavy atom. The Bertz CT molecular complexity index is 353. The molecule has 0 saturated heterocycles. The Kier molecular flexibility index (Phi) is 5.07. The smallest absolute Gasteiger partial charge is 0.146 e. The van der Waals surface area contributed by atoms with Crippen molar-refractivity contribution in [2.45, 2.75) is 31.0 Å². The first-order valence-electron chi connectivity index (χ1n) is 4.71. The molecule has 0 amide bonds. The van der Waals surface area contributed by atoms with Gasteiger partial charge in [-0.25, -0.2) is 4.39 Å². The van der Waals surface area contributed by atoms with Crippen molar-refractivity contribution in [2.75, 3.05) is 0 Å². The van der Waals surface area contributed by atoms with Crippen LogP contribution in [0.25, 0.3) is 0 Å². The van der Waals surface area contributed by atoms with Crippen molar-refractivity contribution in [2.24, 2.45) is 0 Å². The van der Waals surface area contributed by atoms with Gasteiger partial charge in [0.05, 0.1) is 5.02 Å². The maximum atomic E-state index is 13.8. The molecule has 84 valence electrons. The first-order valence-corrected chi connectivity index (χ1v) is 6.79. The van der Waals surface area contributed by atoms with E-state index >= 15 is 0 Å². The molecule has 0 fully saturated rings. The van der Waals surface area contributed by atoms with E-state index in [1.807, 2.05) is 6.92 Å². The van der Waals surface area contributed by atoms with E-state index < -0.39 is 0 Å². The van der Waals surface area contributed by atoms with Crippen molar-refractivity contribution in [3.63, 3.8) is 0 Å². The normalized spacial score (nSPS) is 15.1. The van der Waals surface area contributed by atoms with Gasteiger partial charge >= 0.3 is 0 Å². The summed E-state index contributed by atoms with van der Waals surface area (Å²) in [7, 11) is 0. The molecule has 0 aliphatic heterocycles. The molecule has 0 nitrogen and oxygen atoms in total. The van der Waals surface area contributed by atoms with Gasteiger partial charge in [-0.05, 0) is 39.9 Å². The fourth-order valence-corrected chi connectivity index (χ4v) is 2.57. The molecule has 0 N–H and O–H groups in total. The highest BCUT2D eigenvalue weighted by Gasteiger charge is 2.16. The molecule has 0 aliphatic carbocycles. The number of rotatable bonds is 3. The third kappa shape index (κ3) is 3.43. The first kappa shape index (κ1) is 13.5. The van der Waals surface area contributed by atoms with Gasteiger partial charge in [0.15, 0.2) is 0 Å². The van der Waals surface area contributed by atoms with Crippen molar-refractivity contribution in [1.29, 1.82) is 0 Å². The summed E-state index contributed by atoms with van der Waals surface area (Å²) in [5, 5.41) is 0.168.